The van der Waals surface area contributed by atoms with Crippen LogP contribution in [0.25, 0.3) is 0 Å². The number of nitrogens with two attached hydrogens (primary N) is 1. The van der Waals surface area contributed by atoms with Crippen molar-refractivity contribution in [1.82, 2.24) is 0 Å². The molecule has 0 amide bonds. The van der Waals surface area contributed by atoms with Gasteiger partial charge in [-0.3, -0.25) is 0 Å². The molecule has 0 aliphatic heterocycles. The number of benzene rings is 1. The van der Waals surface area contributed by atoms with Crippen LogP contribution < -0.4 is 10.6 Å². The van der Waals surface area contributed by atoms with E-state index in [2.05, 4.69) is 43.1 Å². The standard InChI is InChI=1S/C15H24N2/c1-12(16)14-10-6-7-11-15(14)17(2)13-8-4-3-5-9-13/h6-7,10-13H,3-5,8-9,16H2,1-2H3/t12-/m1/s1. The predicted molar refractivity (Wildman–Crippen MR) is 74.3 cm³/mol. The number of anilines is 1. The van der Waals surface area contributed by atoms with Crippen molar-refractivity contribution in [2.75, 3.05) is 11.9 Å². The molecule has 0 heterocycles. The molecule has 0 unspecified atom stereocenters. The molecule has 2 nitrogen and oxygen atoms in total. The van der Waals surface area contributed by atoms with Gasteiger partial charge in [-0.1, -0.05) is 37.5 Å². The Kier molecular flexibility index (Phi) is 4.06. The van der Waals surface area contributed by atoms with Crippen molar-refractivity contribution in [2.45, 2.75) is 51.1 Å². The minimum Gasteiger partial charge on any atom is -0.371 e. The van der Waals surface area contributed by atoms with Crippen molar-refractivity contribution in [3.05, 3.63) is 29.8 Å². The molecule has 94 valence electrons. The Morgan fingerprint density at radius 2 is 1.82 bits per heavy atom. The molecule has 2 rings (SSSR count). The third-order valence-corrected chi connectivity index (χ3v) is 3.93. The molecule has 17 heavy (non-hydrogen) atoms. The average Bonchev–Trinajstić information content (AvgIpc) is 2.39. The first-order valence-corrected chi connectivity index (χ1v) is 6.77. The summed E-state index contributed by atoms with van der Waals surface area (Å²) in [5, 5.41) is 0. The first-order chi connectivity index (χ1) is 8.20. The van der Waals surface area contributed by atoms with Gasteiger partial charge < -0.3 is 10.6 Å². The van der Waals surface area contributed by atoms with E-state index in [1.165, 1.54) is 43.4 Å². The van der Waals surface area contributed by atoms with Crippen molar-refractivity contribution in [2.24, 2.45) is 5.73 Å². The van der Waals surface area contributed by atoms with Gasteiger partial charge in [-0.05, 0) is 31.4 Å². The molecule has 0 aromatic heterocycles. The van der Waals surface area contributed by atoms with Crippen molar-refractivity contribution in [1.29, 1.82) is 0 Å². The molecule has 1 aromatic carbocycles. The van der Waals surface area contributed by atoms with Crippen LogP contribution in [-0.2, 0) is 0 Å². The molecule has 1 aliphatic carbocycles. The average molecular weight is 232 g/mol. The lowest BCUT2D eigenvalue weighted by atomic mass is 9.93. The van der Waals surface area contributed by atoms with E-state index >= 15 is 0 Å². The van der Waals surface area contributed by atoms with Gasteiger partial charge >= 0.3 is 0 Å². The van der Waals surface area contributed by atoms with Gasteiger partial charge in [0.1, 0.15) is 0 Å². The summed E-state index contributed by atoms with van der Waals surface area (Å²) >= 11 is 0. The van der Waals surface area contributed by atoms with Gasteiger partial charge in [-0.15, -0.1) is 0 Å². The Balaban J connectivity index is 2.20. The van der Waals surface area contributed by atoms with E-state index in [1.54, 1.807) is 0 Å². The Hall–Kier alpha value is -1.02. The molecule has 1 atom stereocenters. The van der Waals surface area contributed by atoms with E-state index in [0.717, 1.165) is 0 Å². The molecule has 0 bridgehead atoms. The zero-order valence-corrected chi connectivity index (χ0v) is 11.0. The SMILES string of the molecule is C[C@@H](N)c1ccccc1N(C)C1CCCCC1. The summed E-state index contributed by atoms with van der Waals surface area (Å²) in [7, 11) is 2.22. The molecule has 1 fully saturated rings. The predicted octanol–water partition coefficient (Wildman–Crippen LogP) is 3.48. The van der Waals surface area contributed by atoms with Crippen LogP contribution in [-0.4, -0.2) is 13.1 Å². The van der Waals surface area contributed by atoms with Crippen LogP contribution >= 0.6 is 0 Å². The number of para-hydroxylation sites is 1. The number of hydrogen-bond acceptors (Lipinski definition) is 2. The van der Waals surface area contributed by atoms with E-state index in [4.69, 9.17) is 5.73 Å². The molecule has 1 aliphatic rings. The lowest BCUT2D eigenvalue weighted by Crippen LogP contribution is -2.34. The zero-order valence-electron chi connectivity index (χ0n) is 11.0. The second kappa shape index (κ2) is 5.54. The normalized spacial score (nSPS) is 19.0. The Morgan fingerprint density at radius 3 is 2.47 bits per heavy atom. The van der Waals surface area contributed by atoms with Crippen molar-refractivity contribution in [3.63, 3.8) is 0 Å². The summed E-state index contributed by atoms with van der Waals surface area (Å²) in [6, 6.07) is 9.35. The summed E-state index contributed by atoms with van der Waals surface area (Å²) in [5.41, 5.74) is 8.63. The smallest absolute Gasteiger partial charge is 0.0414 e. The zero-order chi connectivity index (χ0) is 12.3. The fraction of sp³-hybridized carbons (Fsp3) is 0.600. The second-order valence-electron chi connectivity index (χ2n) is 5.25. The highest BCUT2D eigenvalue weighted by Crippen LogP contribution is 2.30. The van der Waals surface area contributed by atoms with Gasteiger partial charge in [-0.25, -0.2) is 0 Å². The van der Waals surface area contributed by atoms with Crippen molar-refractivity contribution < 1.29 is 0 Å². The van der Waals surface area contributed by atoms with Gasteiger partial charge in [-0.2, -0.15) is 0 Å². The minimum absolute atomic E-state index is 0.109. The van der Waals surface area contributed by atoms with Gasteiger partial charge in [0.2, 0.25) is 0 Å². The fourth-order valence-corrected chi connectivity index (χ4v) is 2.86. The third kappa shape index (κ3) is 2.81. The van der Waals surface area contributed by atoms with E-state index in [0.29, 0.717) is 6.04 Å². The maximum absolute atomic E-state index is 6.06. The first-order valence-electron chi connectivity index (χ1n) is 6.77. The highest BCUT2D eigenvalue weighted by atomic mass is 15.1. The molecule has 0 spiro atoms. The van der Waals surface area contributed by atoms with Gasteiger partial charge in [0.25, 0.3) is 0 Å². The van der Waals surface area contributed by atoms with Crippen molar-refractivity contribution in [3.8, 4) is 0 Å². The Morgan fingerprint density at radius 1 is 1.18 bits per heavy atom. The van der Waals surface area contributed by atoms with Crippen LogP contribution in [0.15, 0.2) is 24.3 Å². The first kappa shape index (κ1) is 12.4. The molecular formula is C15H24N2. The Bertz CT molecular complexity index is 354. The van der Waals surface area contributed by atoms with Crippen molar-refractivity contribution >= 4 is 5.69 Å². The summed E-state index contributed by atoms with van der Waals surface area (Å²) in [5.74, 6) is 0. The number of rotatable bonds is 3. The van der Waals surface area contributed by atoms with Crippen LogP contribution in [0.2, 0.25) is 0 Å². The van der Waals surface area contributed by atoms with Crippen LogP contribution in [0.5, 0.6) is 0 Å². The van der Waals surface area contributed by atoms with Crippen LogP contribution in [0.3, 0.4) is 0 Å². The monoisotopic (exact) mass is 232 g/mol. The lowest BCUT2D eigenvalue weighted by molar-refractivity contribution is 0.427. The highest BCUT2D eigenvalue weighted by molar-refractivity contribution is 5.55. The molecular weight excluding hydrogens is 208 g/mol. The number of hydrogen-bond donors (Lipinski definition) is 1. The highest BCUT2D eigenvalue weighted by Gasteiger charge is 2.20. The molecule has 1 aromatic rings. The van der Waals surface area contributed by atoms with Gasteiger partial charge in [0.05, 0.1) is 0 Å². The van der Waals surface area contributed by atoms with E-state index in [9.17, 15) is 0 Å². The molecule has 1 saturated carbocycles. The van der Waals surface area contributed by atoms with Crippen LogP contribution in [0.4, 0.5) is 5.69 Å². The summed E-state index contributed by atoms with van der Waals surface area (Å²) < 4.78 is 0. The quantitative estimate of drug-likeness (QED) is 0.864. The van der Waals surface area contributed by atoms with Crippen LogP contribution in [0.1, 0.15) is 50.6 Å². The second-order valence-corrected chi connectivity index (χ2v) is 5.25. The van der Waals surface area contributed by atoms with E-state index in [1.807, 2.05) is 0 Å². The van der Waals surface area contributed by atoms with Gasteiger partial charge in [0.15, 0.2) is 0 Å². The van der Waals surface area contributed by atoms with E-state index in [-0.39, 0.29) is 6.04 Å². The topological polar surface area (TPSA) is 29.3 Å². The minimum atomic E-state index is 0.109. The maximum Gasteiger partial charge on any atom is 0.0414 e. The Labute approximate surface area is 105 Å². The van der Waals surface area contributed by atoms with Crippen LogP contribution in [0, 0.1) is 0 Å². The fourth-order valence-electron chi connectivity index (χ4n) is 2.86. The largest absolute Gasteiger partial charge is 0.371 e. The molecule has 0 saturated heterocycles. The molecule has 0 radical (unpaired) electrons. The summed E-state index contributed by atoms with van der Waals surface area (Å²) in [6.07, 6.45) is 6.79. The lowest BCUT2D eigenvalue weighted by Gasteiger charge is -2.34. The van der Waals surface area contributed by atoms with Gasteiger partial charge in [0, 0.05) is 24.8 Å². The molecule has 2 N–H and O–H groups in total. The summed E-state index contributed by atoms with van der Waals surface area (Å²) in [6.45, 7) is 2.06. The third-order valence-electron chi connectivity index (χ3n) is 3.93. The number of nitrogens with zero attached hydrogens (tertiary/aromatic N) is 1. The van der Waals surface area contributed by atoms with E-state index < -0.39 is 0 Å². The summed E-state index contributed by atoms with van der Waals surface area (Å²) in [4.78, 5) is 2.44. The molecule has 2 heteroatoms. The maximum atomic E-state index is 6.06.